The van der Waals surface area contributed by atoms with E-state index in [-0.39, 0.29) is 0 Å². The molecule has 0 saturated carbocycles. The first-order chi connectivity index (χ1) is 6.27. The van der Waals surface area contributed by atoms with Crippen molar-refractivity contribution in [3.05, 3.63) is 0 Å². The molecule has 0 aliphatic carbocycles. The number of nitrogens with zero attached hydrogens (tertiary/aromatic N) is 1. The van der Waals surface area contributed by atoms with Crippen LogP contribution in [-0.4, -0.2) is 37.2 Å². The van der Waals surface area contributed by atoms with Gasteiger partial charge in [-0.3, -0.25) is 9.08 Å². The average molecular weight is 210 g/mol. The second-order valence-electron chi connectivity index (χ2n) is 3.23. The maximum atomic E-state index is 12.0. The van der Waals surface area contributed by atoms with Gasteiger partial charge in [0, 0.05) is 13.1 Å². The molecule has 3 nitrogen and oxygen atoms in total. The molecular formula is C8H13ClFNO2. The van der Waals surface area contributed by atoms with E-state index in [1.54, 1.807) is 4.90 Å². The molecule has 0 aromatic heterocycles. The van der Waals surface area contributed by atoms with Gasteiger partial charge in [-0.1, -0.05) is 0 Å². The van der Waals surface area contributed by atoms with Gasteiger partial charge in [-0.25, -0.2) is 4.39 Å². The Morgan fingerprint density at radius 1 is 1.54 bits per heavy atom. The van der Waals surface area contributed by atoms with E-state index in [9.17, 15) is 9.18 Å². The Morgan fingerprint density at radius 3 is 2.62 bits per heavy atom. The summed E-state index contributed by atoms with van der Waals surface area (Å²) in [7, 11) is 0. The van der Waals surface area contributed by atoms with Crippen LogP contribution in [0.2, 0.25) is 0 Å². The highest BCUT2D eigenvalue weighted by molar-refractivity contribution is 6.07. The Balaban J connectivity index is 2.26. The average Bonchev–Trinajstić information content (AvgIpc) is 2.18. The Labute approximate surface area is 82.0 Å². The van der Waals surface area contributed by atoms with Gasteiger partial charge in [0.15, 0.2) is 6.67 Å². The minimum atomic E-state index is -0.892. The van der Waals surface area contributed by atoms with Crippen molar-refractivity contribution < 1.29 is 13.5 Å². The Kier molecular flexibility index (Phi) is 4.45. The van der Waals surface area contributed by atoms with E-state index in [2.05, 4.69) is 4.29 Å². The van der Waals surface area contributed by atoms with Gasteiger partial charge in [0.25, 0.3) is 5.91 Å². The van der Waals surface area contributed by atoms with E-state index in [0.29, 0.717) is 25.6 Å². The van der Waals surface area contributed by atoms with Crippen LogP contribution in [0.15, 0.2) is 0 Å². The molecule has 76 valence electrons. The van der Waals surface area contributed by atoms with Crippen molar-refractivity contribution >= 4 is 17.8 Å². The SMILES string of the molecule is O=C(CF)N1CCC(COCl)CC1. The molecule has 1 aliphatic heterocycles. The molecule has 1 amide bonds. The van der Waals surface area contributed by atoms with Crippen molar-refractivity contribution in [1.29, 1.82) is 0 Å². The molecule has 13 heavy (non-hydrogen) atoms. The maximum Gasteiger partial charge on any atom is 0.253 e. The number of halogens is 2. The van der Waals surface area contributed by atoms with Crippen LogP contribution in [0.25, 0.3) is 0 Å². The predicted octanol–water partition coefficient (Wildman–Crippen LogP) is 1.36. The van der Waals surface area contributed by atoms with Gasteiger partial charge in [0.2, 0.25) is 0 Å². The van der Waals surface area contributed by atoms with E-state index >= 15 is 0 Å². The molecule has 1 aliphatic rings. The van der Waals surface area contributed by atoms with Gasteiger partial charge in [-0.05, 0) is 18.8 Å². The number of rotatable bonds is 3. The molecule has 0 spiro atoms. The van der Waals surface area contributed by atoms with Crippen LogP contribution in [-0.2, 0) is 9.08 Å². The van der Waals surface area contributed by atoms with Gasteiger partial charge in [0.05, 0.1) is 18.5 Å². The largest absolute Gasteiger partial charge is 0.340 e. The van der Waals surface area contributed by atoms with Gasteiger partial charge in [-0.15, -0.1) is 0 Å². The molecule has 1 heterocycles. The molecule has 0 bridgehead atoms. The van der Waals surface area contributed by atoms with E-state index in [0.717, 1.165) is 12.8 Å². The molecular weight excluding hydrogens is 197 g/mol. The summed E-state index contributed by atoms with van der Waals surface area (Å²) in [5.41, 5.74) is 0. The molecule has 0 aromatic carbocycles. The summed E-state index contributed by atoms with van der Waals surface area (Å²) in [5, 5.41) is 0. The van der Waals surface area contributed by atoms with Gasteiger partial charge >= 0.3 is 0 Å². The molecule has 0 atom stereocenters. The van der Waals surface area contributed by atoms with Crippen LogP contribution in [0, 0.1) is 5.92 Å². The van der Waals surface area contributed by atoms with Crippen molar-refractivity contribution in [1.82, 2.24) is 4.90 Å². The maximum absolute atomic E-state index is 12.0. The quantitative estimate of drug-likeness (QED) is 0.703. The fraction of sp³-hybridized carbons (Fsp3) is 0.875. The highest BCUT2D eigenvalue weighted by Crippen LogP contribution is 2.17. The molecule has 0 radical (unpaired) electrons. The first kappa shape index (κ1) is 10.7. The first-order valence-electron chi connectivity index (χ1n) is 4.35. The summed E-state index contributed by atoms with van der Waals surface area (Å²) < 4.78 is 16.5. The fourth-order valence-corrected chi connectivity index (χ4v) is 1.70. The van der Waals surface area contributed by atoms with Crippen molar-refractivity contribution in [3.8, 4) is 0 Å². The van der Waals surface area contributed by atoms with Gasteiger partial charge < -0.3 is 4.90 Å². The number of piperidine rings is 1. The molecule has 0 N–H and O–H groups in total. The van der Waals surface area contributed by atoms with E-state index in [1.807, 2.05) is 0 Å². The minimum absolute atomic E-state index is 0.404. The predicted molar refractivity (Wildman–Crippen MR) is 47.1 cm³/mol. The van der Waals surface area contributed by atoms with Crippen molar-refractivity contribution in [2.75, 3.05) is 26.4 Å². The third kappa shape index (κ3) is 3.12. The summed E-state index contributed by atoms with van der Waals surface area (Å²) in [5.74, 6) is -0.00796. The lowest BCUT2D eigenvalue weighted by molar-refractivity contribution is -0.133. The number of carbonyl (C=O) groups is 1. The molecule has 1 saturated heterocycles. The lowest BCUT2D eigenvalue weighted by Gasteiger charge is -2.30. The normalized spacial score (nSPS) is 19.1. The van der Waals surface area contributed by atoms with Crippen molar-refractivity contribution in [3.63, 3.8) is 0 Å². The van der Waals surface area contributed by atoms with Gasteiger partial charge in [-0.2, -0.15) is 0 Å². The summed E-state index contributed by atoms with van der Waals surface area (Å²) in [6, 6.07) is 0. The van der Waals surface area contributed by atoms with Crippen molar-refractivity contribution in [2.24, 2.45) is 5.92 Å². The van der Waals surface area contributed by atoms with E-state index in [1.165, 1.54) is 0 Å². The highest BCUT2D eigenvalue weighted by Gasteiger charge is 2.22. The third-order valence-corrected chi connectivity index (χ3v) is 2.51. The Morgan fingerprint density at radius 2 is 2.15 bits per heavy atom. The second kappa shape index (κ2) is 5.40. The summed E-state index contributed by atoms with van der Waals surface area (Å²) in [4.78, 5) is 12.5. The van der Waals surface area contributed by atoms with Crippen LogP contribution in [0.1, 0.15) is 12.8 Å². The number of hydrogen-bond donors (Lipinski definition) is 0. The minimum Gasteiger partial charge on any atom is -0.340 e. The zero-order valence-electron chi connectivity index (χ0n) is 7.34. The zero-order valence-corrected chi connectivity index (χ0v) is 8.10. The fourth-order valence-electron chi connectivity index (χ4n) is 1.52. The van der Waals surface area contributed by atoms with E-state index in [4.69, 9.17) is 11.9 Å². The topological polar surface area (TPSA) is 29.5 Å². The van der Waals surface area contributed by atoms with Crippen molar-refractivity contribution in [2.45, 2.75) is 12.8 Å². The monoisotopic (exact) mass is 209 g/mol. The second-order valence-corrected chi connectivity index (χ2v) is 3.45. The molecule has 1 rings (SSSR count). The number of carbonyl (C=O) groups excluding carboxylic acids is 1. The smallest absolute Gasteiger partial charge is 0.253 e. The third-order valence-electron chi connectivity index (χ3n) is 2.38. The number of hydrogen-bond acceptors (Lipinski definition) is 2. The molecule has 5 heteroatoms. The van der Waals surface area contributed by atoms with Gasteiger partial charge in [0.1, 0.15) is 0 Å². The first-order valence-corrected chi connectivity index (χ1v) is 4.66. The van der Waals surface area contributed by atoms with Crippen LogP contribution in [0.4, 0.5) is 4.39 Å². The van der Waals surface area contributed by atoms with Crippen LogP contribution >= 0.6 is 11.9 Å². The summed E-state index contributed by atoms with van der Waals surface area (Å²) in [6.07, 6.45) is 1.69. The lowest BCUT2D eigenvalue weighted by Crippen LogP contribution is -2.40. The zero-order chi connectivity index (χ0) is 9.68. The molecule has 0 aromatic rings. The molecule has 1 fully saturated rings. The highest BCUT2D eigenvalue weighted by atomic mass is 35.5. The lowest BCUT2D eigenvalue weighted by atomic mass is 9.98. The van der Waals surface area contributed by atoms with Crippen LogP contribution < -0.4 is 0 Å². The standard InChI is InChI=1S/C8H13ClFNO2/c9-13-6-7-1-3-11(4-2-7)8(12)5-10/h7H,1-6H2. The van der Waals surface area contributed by atoms with E-state index < -0.39 is 12.6 Å². The molecule has 0 unspecified atom stereocenters. The number of likely N-dealkylation sites (tertiary alicyclic amines) is 1. The summed E-state index contributed by atoms with van der Waals surface area (Å²) in [6.45, 7) is 0.858. The Bertz CT molecular complexity index is 172. The number of amides is 1. The van der Waals surface area contributed by atoms with Crippen LogP contribution in [0.5, 0.6) is 0 Å². The summed E-state index contributed by atoms with van der Waals surface area (Å²) >= 11 is 5.12. The Hall–Kier alpha value is -0.350. The van der Waals surface area contributed by atoms with Crippen LogP contribution in [0.3, 0.4) is 0 Å². The number of alkyl halides is 1.